The number of hydrogen-bond acceptors (Lipinski definition) is 5. The highest BCUT2D eigenvalue weighted by molar-refractivity contribution is 7.89. The Kier molecular flexibility index (Phi) is 4.65. The Balaban J connectivity index is 2.26. The minimum absolute atomic E-state index is 0.136. The van der Waals surface area contributed by atoms with Crippen molar-refractivity contribution in [3.63, 3.8) is 0 Å². The maximum atomic E-state index is 12.4. The number of rotatable bonds is 5. The van der Waals surface area contributed by atoms with E-state index in [2.05, 4.69) is 14.9 Å². The molecule has 114 valence electrons. The van der Waals surface area contributed by atoms with E-state index in [4.69, 9.17) is 16.1 Å². The lowest BCUT2D eigenvalue weighted by Crippen LogP contribution is -2.27. The van der Waals surface area contributed by atoms with Crippen molar-refractivity contribution in [1.29, 1.82) is 0 Å². The number of nitrogens with one attached hydrogen (secondary N) is 1. The van der Waals surface area contributed by atoms with Gasteiger partial charge < -0.3 is 4.52 Å². The normalized spacial score (nSPS) is 13.3. The number of aryl methyl sites for hydroxylation is 1. The van der Waals surface area contributed by atoms with Gasteiger partial charge in [0.2, 0.25) is 15.9 Å². The molecule has 0 radical (unpaired) electrons. The molecule has 21 heavy (non-hydrogen) atoms. The molecule has 0 amide bonds. The first kappa shape index (κ1) is 15.9. The van der Waals surface area contributed by atoms with Gasteiger partial charge in [-0.15, -0.1) is 0 Å². The van der Waals surface area contributed by atoms with Gasteiger partial charge in [0, 0.05) is 11.4 Å². The molecule has 0 spiro atoms. The fourth-order valence-electron chi connectivity index (χ4n) is 1.81. The number of nitrogens with zero attached hydrogens (tertiary/aromatic N) is 2. The van der Waals surface area contributed by atoms with Gasteiger partial charge in [0.05, 0.1) is 10.9 Å². The van der Waals surface area contributed by atoms with Gasteiger partial charge in [-0.3, -0.25) is 0 Å². The maximum Gasteiger partial charge on any atom is 0.244 e. The molecular weight excluding hydrogens is 314 g/mol. The minimum Gasteiger partial charge on any atom is -0.338 e. The van der Waals surface area contributed by atoms with Crippen LogP contribution in [0.3, 0.4) is 0 Å². The van der Waals surface area contributed by atoms with Crippen LogP contribution in [-0.2, 0) is 16.4 Å². The Labute approximate surface area is 128 Å². The lowest BCUT2D eigenvalue weighted by Gasteiger charge is -2.13. The molecule has 8 heteroatoms. The van der Waals surface area contributed by atoms with Crippen molar-refractivity contribution in [2.45, 2.75) is 38.1 Å². The zero-order valence-electron chi connectivity index (χ0n) is 11.9. The summed E-state index contributed by atoms with van der Waals surface area (Å²) in [5, 5.41) is 4.15. The first-order valence-electron chi connectivity index (χ1n) is 6.45. The summed E-state index contributed by atoms with van der Waals surface area (Å²) in [6.07, 6.45) is 0.621. The quantitative estimate of drug-likeness (QED) is 0.911. The van der Waals surface area contributed by atoms with Gasteiger partial charge in [-0.1, -0.05) is 29.7 Å². The van der Waals surface area contributed by atoms with Gasteiger partial charge in [-0.2, -0.15) is 9.71 Å². The molecule has 2 aromatic rings. The molecule has 0 aliphatic rings. The van der Waals surface area contributed by atoms with Gasteiger partial charge in [0.1, 0.15) is 0 Å². The minimum atomic E-state index is -3.72. The summed E-state index contributed by atoms with van der Waals surface area (Å²) in [6, 6.07) is 4.12. The van der Waals surface area contributed by atoms with Gasteiger partial charge in [-0.05, 0) is 31.5 Å². The fourth-order valence-corrected chi connectivity index (χ4v) is 3.51. The number of sulfonamides is 1. The molecule has 1 atom stereocenters. The number of halogens is 1. The van der Waals surface area contributed by atoms with Gasteiger partial charge in [0.15, 0.2) is 5.82 Å². The van der Waals surface area contributed by atoms with E-state index in [9.17, 15) is 8.42 Å². The smallest absolute Gasteiger partial charge is 0.244 e. The predicted octanol–water partition coefficient (Wildman–Crippen LogP) is 2.63. The Morgan fingerprint density at radius 1 is 1.43 bits per heavy atom. The zero-order chi connectivity index (χ0) is 15.6. The van der Waals surface area contributed by atoms with Crippen molar-refractivity contribution in [1.82, 2.24) is 14.9 Å². The van der Waals surface area contributed by atoms with E-state index < -0.39 is 16.1 Å². The first-order chi connectivity index (χ1) is 9.85. The SMILES string of the molecule is CCc1noc(C(C)NS(=O)(=O)c2cccc(Cl)c2C)n1. The Morgan fingerprint density at radius 2 is 2.14 bits per heavy atom. The molecule has 1 unspecified atom stereocenters. The monoisotopic (exact) mass is 329 g/mol. The lowest BCUT2D eigenvalue weighted by atomic mass is 10.2. The fraction of sp³-hybridized carbons (Fsp3) is 0.385. The van der Waals surface area contributed by atoms with Crippen LogP contribution in [0.4, 0.5) is 0 Å². The molecule has 0 bridgehead atoms. The van der Waals surface area contributed by atoms with Crippen LogP contribution < -0.4 is 4.72 Å². The third kappa shape index (κ3) is 3.42. The second kappa shape index (κ2) is 6.13. The molecular formula is C13H16ClN3O3S. The van der Waals surface area contributed by atoms with E-state index in [0.717, 1.165) is 0 Å². The standard InChI is InChI=1S/C13H16ClN3O3S/c1-4-12-15-13(20-16-12)9(3)17-21(18,19)11-7-5-6-10(14)8(11)2/h5-7,9,17H,4H2,1-3H3. The van der Waals surface area contributed by atoms with Crippen molar-refractivity contribution in [3.8, 4) is 0 Å². The summed E-state index contributed by atoms with van der Waals surface area (Å²) in [5.41, 5.74) is 0.499. The van der Waals surface area contributed by atoms with Crippen LogP contribution >= 0.6 is 11.6 Å². The molecule has 0 aliphatic carbocycles. The second-order valence-electron chi connectivity index (χ2n) is 4.61. The summed E-state index contributed by atoms with van der Waals surface area (Å²) in [4.78, 5) is 4.25. The topological polar surface area (TPSA) is 85.1 Å². The molecule has 1 heterocycles. The average molecular weight is 330 g/mol. The van der Waals surface area contributed by atoms with Crippen molar-refractivity contribution in [2.75, 3.05) is 0 Å². The summed E-state index contributed by atoms with van der Waals surface area (Å²) in [5.74, 6) is 0.769. The molecule has 0 fully saturated rings. The largest absolute Gasteiger partial charge is 0.338 e. The number of hydrogen-bond donors (Lipinski definition) is 1. The second-order valence-corrected chi connectivity index (χ2v) is 6.70. The van der Waals surface area contributed by atoms with E-state index in [-0.39, 0.29) is 10.8 Å². The van der Waals surface area contributed by atoms with Crippen LogP contribution in [0.2, 0.25) is 5.02 Å². The van der Waals surface area contributed by atoms with Crippen LogP contribution in [0.15, 0.2) is 27.6 Å². The summed E-state index contributed by atoms with van der Waals surface area (Å²) >= 11 is 5.96. The van der Waals surface area contributed by atoms with E-state index in [1.54, 1.807) is 26.0 Å². The molecule has 0 saturated carbocycles. The van der Waals surface area contributed by atoms with Gasteiger partial charge in [-0.25, -0.2) is 8.42 Å². The molecule has 0 saturated heterocycles. The lowest BCUT2D eigenvalue weighted by molar-refractivity contribution is 0.350. The van der Waals surface area contributed by atoms with Crippen LogP contribution in [0.1, 0.15) is 37.2 Å². The molecule has 6 nitrogen and oxygen atoms in total. The van der Waals surface area contributed by atoms with Crippen LogP contribution in [0.5, 0.6) is 0 Å². The molecule has 0 aliphatic heterocycles. The first-order valence-corrected chi connectivity index (χ1v) is 8.31. The third-order valence-corrected chi connectivity index (χ3v) is 5.10. The van der Waals surface area contributed by atoms with Crippen molar-refractivity contribution in [2.24, 2.45) is 0 Å². The van der Waals surface area contributed by atoms with E-state index in [0.29, 0.717) is 22.8 Å². The van der Waals surface area contributed by atoms with Crippen LogP contribution in [0, 0.1) is 6.92 Å². The van der Waals surface area contributed by atoms with E-state index >= 15 is 0 Å². The van der Waals surface area contributed by atoms with Crippen LogP contribution in [-0.4, -0.2) is 18.6 Å². The Hall–Kier alpha value is -1.44. The van der Waals surface area contributed by atoms with E-state index in [1.165, 1.54) is 6.07 Å². The molecule has 1 aromatic heterocycles. The molecule has 1 aromatic carbocycles. The summed E-state index contributed by atoms with van der Waals surface area (Å²) < 4.78 is 32.4. The van der Waals surface area contributed by atoms with Gasteiger partial charge in [0.25, 0.3) is 0 Å². The maximum absolute atomic E-state index is 12.4. The van der Waals surface area contributed by atoms with Crippen molar-refractivity contribution in [3.05, 3.63) is 40.5 Å². The summed E-state index contributed by atoms with van der Waals surface area (Å²) in [6.45, 7) is 5.19. The van der Waals surface area contributed by atoms with Crippen molar-refractivity contribution >= 4 is 21.6 Å². The van der Waals surface area contributed by atoms with E-state index in [1.807, 2.05) is 6.92 Å². The zero-order valence-corrected chi connectivity index (χ0v) is 13.5. The molecule has 1 N–H and O–H groups in total. The number of benzene rings is 1. The highest BCUT2D eigenvalue weighted by Gasteiger charge is 2.24. The highest BCUT2D eigenvalue weighted by Crippen LogP contribution is 2.24. The highest BCUT2D eigenvalue weighted by atomic mass is 35.5. The average Bonchev–Trinajstić information content (AvgIpc) is 2.90. The van der Waals surface area contributed by atoms with Crippen molar-refractivity contribution < 1.29 is 12.9 Å². The van der Waals surface area contributed by atoms with Crippen LogP contribution in [0.25, 0.3) is 0 Å². The van der Waals surface area contributed by atoms with Gasteiger partial charge >= 0.3 is 0 Å². The molecule has 2 rings (SSSR count). The Bertz CT molecular complexity index is 743. The predicted molar refractivity (Wildman–Crippen MR) is 78.6 cm³/mol. The third-order valence-electron chi connectivity index (χ3n) is 3.01. The Morgan fingerprint density at radius 3 is 2.76 bits per heavy atom. The number of aromatic nitrogens is 2. The summed E-state index contributed by atoms with van der Waals surface area (Å²) in [7, 11) is -3.72.